The minimum Gasteiger partial charge on any atom is -0.324 e. The standard InChI is InChI=1S/C8H9FIN/c1-5(11)7-4-6(10)2-3-8(7)9/h2-5H,11H2,1H3/t5-/m0/s1. The van der Waals surface area contributed by atoms with E-state index in [-0.39, 0.29) is 11.9 Å². The highest BCUT2D eigenvalue weighted by Crippen LogP contribution is 2.17. The minimum atomic E-state index is -0.232. The second-order valence-corrected chi connectivity index (χ2v) is 3.70. The molecular weight excluding hydrogens is 256 g/mol. The molecular formula is C8H9FIN. The largest absolute Gasteiger partial charge is 0.324 e. The number of benzene rings is 1. The normalized spacial score (nSPS) is 13.1. The molecule has 0 aliphatic rings. The van der Waals surface area contributed by atoms with Gasteiger partial charge in [-0.2, -0.15) is 0 Å². The Kier molecular flexibility index (Phi) is 2.84. The first-order chi connectivity index (χ1) is 5.11. The number of halogens is 2. The van der Waals surface area contributed by atoms with Crippen LogP contribution in [-0.2, 0) is 0 Å². The molecule has 0 fully saturated rings. The van der Waals surface area contributed by atoms with Crippen molar-refractivity contribution >= 4 is 22.6 Å². The second kappa shape index (κ2) is 3.49. The van der Waals surface area contributed by atoms with E-state index in [0.29, 0.717) is 5.56 Å². The molecule has 2 N–H and O–H groups in total. The number of rotatable bonds is 1. The SMILES string of the molecule is C[C@H](N)c1cc(I)ccc1F. The fraction of sp³-hybridized carbons (Fsp3) is 0.250. The monoisotopic (exact) mass is 265 g/mol. The summed E-state index contributed by atoms with van der Waals surface area (Å²) >= 11 is 2.13. The third-order valence-electron chi connectivity index (χ3n) is 1.45. The molecule has 3 heteroatoms. The Morgan fingerprint density at radius 1 is 1.55 bits per heavy atom. The van der Waals surface area contributed by atoms with Crippen LogP contribution in [0.2, 0.25) is 0 Å². The molecule has 0 spiro atoms. The highest BCUT2D eigenvalue weighted by atomic mass is 127. The Bertz CT molecular complexity index is 260. The molecule has 0 radical (unpaired) electrons. The van der Waals surface area contributed by atoms with E-state index in [1.54, 1.807) is 19.1 Å². The molecule has 11 heavy (non-hydrogen) atoms. The van der Waals surface area contributed by atoms with Crippen LogP contribution in [0, 0.1) is 9.39 Å². The van der Waals surface area contributed by atoms with Gasteiger partial charge in [0.25, 0.3) is 0 Å². The zero-order valence-corrected chi connectivity index (χ0v) is 8.30. The lowest BCUT2D eigenvalue weighted by atomic mass is 10.1. The maximum absolute atomic E-state index is 12.9. The van der Waals surface area contributed by atoms with E-state index in [1.165, 1.54) is 6.07 Å². The smallest absolute Gasteiger partial charge is 0.128 e. The van der Waals surface area contributed by atoms with Crippen LogP contribution in [0.3, 0.4) is 0 Å². The summed E-state index contributed by atoms with van der Waals surface area (Å²) in [6, 6.07) is 4.70. The van der Waals surface area contributed by atoms with Crippen LogP contribution in [0.5, 0.6) is 0 Å². The van der Waals surface area contributed by atoms with Crippen molar-refractivity contribution < 1.29 is 4.39 Å². The van der Waals surface area contributed by atoms with Gasteiger partial charge in [0.05, 0.1) is 0 Å². The quantitative estimate of drug-likeness (QED) is 0.775. The van der Waals surface area contributed by atoms with Gasteiger partial charge in [0.1, 0.15) is 5.82 Å². The first kappa shape index (κ1) is 8.93. The van der Waals surface area contributed by atoms with Crippen LogP contribution < -0.4 is 5.73 Å². The molecule has 1 aromatic carbocycles. The Balaban J connectivity index is 3.13. The second-order valence-electron chi connectivity index (χ2n) is 2.45. The fourth-order valence-corrected chi connectivity index (χ4v) is 1.38. The number of hydrogen-bond acceptors (Lipinski definition) is 1. The maximum Gasteiger partial charge on any atom is 0.128 e. The summed E-state index contributed by atoms with van der Waals surface area (Å²) in [5, 5.41) is 0. The predicted octanol–water partition coefficient (Wildman–Crippen LogP) is 2.45. The van der Waals surface area contributed by atoms with Crippen molar-refractivity contribution in [3.8, 4) is 0 Å². The lowest BCUT2D eigenvalue weighted by Crippen LogP contribution is -2.07. The van der Waals surface area contributed by atoms with Crippen LogP contribution in [0.4, 0.5) is 4.39 Å². The van der Waals surface area contributed by atoms with Crippen molar-refractivity contribution in [1.29, 1.82) is 0 Å². The summed E-state index contributed by atoms with van der Waals surface area (Å²) in [5.74, 6) is -0.222. The maximum atomic E-state index is 12.9. The van der Waals surface area contributed by atoms with Gasteiger partial charge < -0.3 is 5.73 Å². The first-order valence-electron chi connectivity index (χ1n) is 3.32. The summed E-state index contributed by atoms with van der Waals surface area (Å²) in [4.78, 5) is 0. The van der Waals surface area contributed by atoms with Gasteiger partial charge in [0.15, 0.2) is 0 Å². The first-order valence-corrected chi connectivity index (χ1v) is 4.39. The molecule has 0 saturated carbocycles. The van der Waals surface area contributed by atoms with Crippen molar-refractivity contribution in [3.63, 3.8) is 0 Å². The molecule has 0 saturated heterocycles. The predicted molar refractivity (Wildman–Crippen MR) is 51.7 cm³/mol. The van der Waals surface area contributed by atoms with Gasteiger partial charge in [-0.15, -0.1) is 0 Å². The Morgan fingerprint density at radius 2 is 2.18 bits per heavy atom. The molecule has 0 bridgehead atoms. The van der Waals surface area contributed by atoms with Gasteiger partial charge in [-0.1, -0.05) is 0 Å². The molecule has 1 atom stereocenters. The summed E-state index contributed by atoms with van der Waals surface area (Å²) in [5.41, 5.74) is 6.12. The van der Waals surface area contributed by atoms with Crippen LogP contribution in [0.15, 0.2) is 18.2 Å². The molecule has 0 aliphatic heterocycles. The van der Waals surface area contributed by atoms with E-state index in [9.17, 15) is 4.39 Å². The topological polar surface area (TPSA) is 26.0 Å². The zero-order valence-electron chi connectivity index (χ0n) is 6.14. The van der Waals surface area contributed by atoms with Crippen LogP contribution in [0.25, 0.3) is 0 Å². The fourth-order valence-electron chi connectivity index (χ4n) is 0.864. The summed E-state index contributed by atoms with van der Waals surface area (Å²) in [6.07, 6.45) is 0. The molecule has 0 unspecified atom stereocenters. The Morgan fingerprint density at radius 3 is 2.64 bits per heavy atom. The average molecular weight is 265 g/mol. The third-order valence-corrected chi connectivity index (χ3v) is 2.12. The highest BCUT2D eigenvalue weighted by Gasteiger charge is 2.05. The van der Waals surface area contributed by atoms with E-state index >= 15 is 0 Å². The van der Waals surface area contributed by atoms with Crippen molar-refractivity contribution in [1.82, 2.24) is 0 Å². The van der Waals surface area contributed by atoms with Crippen molar-refractivity contribution in [2.24, 2.45) is 5.73 Å². The molecule has 1 rings (SSSR count). The molecule has 0 amide bonds. The Labute approximate surface area is 78.9 Å². The van der Waals surface area contributed by atoms with Crippen molar-refractivity contribution in [2.75, 3.05) is 0 Å². The van der Waals surface area contributed by atoms with E-state index in [2.05, 4.69) is 22.6 Å². The van der Waals surface area contributed by atoms with Crippen LogP contribution >= 0.6 is 22.6 Å². The van der Waals surface area contributed by atoms with E-state index < -0.39 is 0 Å². The van der Waals surface area contributed by atoms with Crippen LogP contribution in [-0.4, -0.2) is 0 Å². The molecule has 0 aliphatic carbocycles. The van der Waals surface area contributed by atoms with E-state index in [0.717, 1.165) is 3.57 Å². The van der Waals surface area contributed by atoms with Gasteiger partial charge >= 0.3 is 0 Å². The Hall–Kier alpha value is -0.160. The van der Waals surface area contributed by atoms with Crippen LogP contribution in [0.1, 0.15) is 18.5 Å². The summed E-state index contributed by atoms with van der Waals surface area (Å²) < 4.78 is 13.9. The highest BCUT2D eigenvalue weighted by molar-refractivity contribution is 14.1. The zero-order chi connectivity index (χ0) is 8.43. The number of hydrogen-bond donors (Lipinski definition) is 1. The summed E-state index contributed by atoms with van der Waals surface area (Å²) in [6.45, 7) is 1.77. The van der Waals surface area contributed by atoms with Gasteiger partial charge in [-0.05, 0) is 47.7 Å². The average Bonchev–Trinajstić information content (AvgIpc) is 1.94. The van der Waals surface area contributed by atoms with Crippen molar-refractivity contribution in [2.45, 2.75) is 13.0 Å². The third kappa shape index (κ3) is 2.13. The van der Waals surface area contributed by atoms with Crippen molar-refractivity contribution in [3.05, 3.63) is 33.1 Å². The summed E-state index contributed by atoms with van der Waals surface area (Å²) in [7, 11) is 0. The molecule has 60 valence electrons. The van der Waals surface area contributed by atoms with Gasteiger partial charge in [0.2, 0.25) is 0 Å². The molecule has 1 nitrogen and oxygen atoms in total. The lowest BCUT2D eigenvalue weighted by molar-refractivity contribution is 0.593. The van der Waals surface area contributed by atoms with E-state index in [1.807, 2.05) is 0 Å². The number of nitrogens with two attached hydrogens (primary N) is 1. The van der Waals surface area contributed by atoms with Gasteiger partial charge in [-0.25, -0.2) is 4.39 Å². The van der Waals surface area contributed by atoms with E-state index in [4.69, 9.17) is 5.73 Å². The molecule has 1 aromatic rings. The van der Waals surface area contributed by atoms with Gasteiger partial charge in [-0.3, -0.25) is 0 Å². The molecule has 0 heterocycles. The molecule has 0 aromatic heterocycles. The minimum absolute atomic E-state index is 0.222. The van der Waals surface area contributed by atoms with Gasteiger partial charge in [0, 0.05) is 15.2 Å². The lowest BCUT2D eigenvalue weighted by Gasteiger charge is -2.06.